The third-order valence-electron chi connectivity index (χ3n) is 7.54. The van der Waals surface area contributed by atoms with Crippen LogP contribution in [0.3, 0.4) is 0 Å². The molecule has 5 nitrogen and oxygen atoms in total. The molecule has 4 rings (SSSR count). The zero-order valence-corrected chi connectivity index (χ0v) is 21.7. The van der Waals surface area contributed by atoms with Crippen molar-refractivity contribution >= 4 is 29.9 Å². The predicted octanol–water partition coefficient (Wildman–Crippen LogP) is 4.74. The van der Waals surface area contributed by atoms with Gasteiger partial charge in [0, 0.05) is 44.4 Å². The Hall–Kier alpha value is -0.860. The normalized spacial score (nSPS) is 23.5. The predicted molar refractivity (Wildman–Crippen MR) is 139 cm³/mol. The lowest BCUT2D eigenvalue weighted by atomic mass is 9.86. The van der Waals surface area contributed by atoms with E-state index in [2.05, 4.69) is 59.7 Å². The SMILES string of the molecule is CCNC(=NCC1(NC(C)c2ccccc2)CCOCC1)N1CCC2(CCCC2)C1.I. The van der Waals surface area contributed by atoms with Crippen molar-refractivity contribution in [2.75, 3.05) is 39.4 Å². The van der Waals surface area contributed by atoms with Crippen LogP contribution in [-0.2, 0) is 4.74 Å². The van der Waals surface area contributed by atoms with E-state index in [0.717, 1.165) is 51.6 Å². The molecule has 1 saturated carbocycles. The molecule has 2 aliphatic heterocycles. The molecule has 1 atom stereocenters. The minimum absolute atomic E-state index is 0. The zero-order chi connectivity index (χ0) is 20.9. The molecule has 1 aromatic carbocycles. The van der Waals surface area contributed by atoms with Crippen LogP contribution in [0.1, 0.15) is 70.4 Å². The molecule has 2 N–H and O–H groups in total. The van der Waals surface area contributed by atoms with E-state index in [1.807, 2.05) is 0 Å². The maximum atomic E-state index is 5.71. The summed E-state index contributed by atoms with van der Waals surface area (Å²) in [6, 6.07) is 11.1. The Labute approximate surface area is 205 Å². The maximum absolute atomic E-state index is 5.71. The third-order valence-corrected chi connectivity index (χ3v) is 7.54. The van der Waals surface area contributed by atoms with Gasteiger partial charge in [-0.1, -0.05) is 43.2 Å². The van der Waals surface area contributed by atoms with E-state index < -0.39 is 0 Å². The number of hydrogen-bond donors (Lipinski definition) is 2. The molecule has 1 aromatic rings. The van der Waals surface area contributed by atoms with Gasteiger partial charge in [-0.3, -0.25) is 4.99 Å². The van der Waals surface area contributed by atoms with Gasteiger partial charge in [0.05, 0.1) is 6.54 Å². The summed E-state index contributed by atoms with van der Waals surface area (Å²) in [5.74, 6) is 1.11. The minimum Gasteiger partial charge on any atom is -0.381 e. The van der Waals surface area contributed by atoms with E-state index in [0.29, 0.717) is 11.5 Å². The van der Waals surface area contributed by atoms with Crippen LogP contribution in [0.4, 0.5) is 0 Å². The van der Waals surface area contributed by atoms with Gasteiger partial charge in [-0.05, 0) is 56.9 Å². The summed E-state index contributed by atoms with van der Waals surface area (Å²) in [4.78, 5) is 7.74. The van der Waals surface area contributed by atoms with Gasteiger partial charge in [-0.2, -0.15) is 0 Å². The summed E-state index contributed by atoms with van der Waals surface area (Å²) in [6.45, 7) is 10.1. The number of nitrogens with zero attached hydrogens (tertiary/aromatic N) is 2. The van der Waals surface area contributed by atoms with Crippen molar-refractivity contribution < 1.29 is 4.74 Å². The molecule has 1 unspecified atom stereocenters. The van der Waals surface area contributed by atoms with E-state index in [1.165, 1.54) is 44.2 Å². The molecule has 0 amide bonds. The van der Waals surface area contributed by atoms with Gasteiger partial charge in [0.1, 0.15) is 0 Å². The molecule has 3 aliphatic rings. The molecule has 6 heteroatoms. The summed E-state index contributed by atoms with van der Waals surface area (Å²) in [5.41, 5.74) is 1.90. The van der Waals surface area contributed by atoms with Gasteiger partial charge in [0.15, 0.2) is 5.96 Å². The molecule has 0 radical (unpaired) electrons. The highest BCUT2D eigenvalue weighted by Crippen LogP contribution is 2.45. The number of rotatable bonds is 6. The lowest BCUT2D eigenvalue weighted by Gasteiger charge is -2.40. The fraction of sp³-hybridized carbons (Fsp3) is 0.720. The van der Waals surface area contributed by atoms with Gasteiger partial charge in [-0.25, -0.2) is 0 Å². The second kappa shape index (κ2) is 11.3. The second-order valence-corrected chi connectivity index (χ2v) is 9.72. The number of benzene rings is 1. The quantitative estimate of drug-likeness (QED) is 0.311. The Morgan fingerprint density at radius 2 is 1.81 bits per heavy atom. The first-order valence-corrected chi connectivity index (χ1v) is 12.1. The number of halogens is 1. The van der Waals surface area contributed by atoms with E-state index in [-0.39, 0.29) is 29.5 Å². The van der Waals surface area contributed by atoms with E-state index in [4.69, 9.17) is 9.73 Å². The van der Waals surface area contributed by atoms with Gasteiger partial charge >= 0.3 is 0 Å². The molecule has 3 fully saturated rings. The Morgan fingerprint density at radius 1 is 1.10 bits per heavy atom. The third kappa shape index (κ3) is 6.14. The maximum Gasteiger partial charge on any atom is 0.193 e. The average molecular weight is 541 g/mol. The Balaban J connectivity index is 0.00000272. The van der Waals surface area contributed by atoms with E-state index in [1.54, 1.807) is 0 Å². The molecule has 0 bridgehead atoms. The number of aliphatic imine (C=N–C) groups is 1. The molecule has 0 aromatic heterocycles. The molecule has 2 heterocycles. The highest BCUT2D eigenvalue weighted by molar-refractivity contribution is 14.0. The first-order valence-electron chi connectivity index (χ1n) is 12.1. The minimum atomic E-state index is -0.00104. The first-order chi connectivity index (χ1) is 14.6. The second-order valence-electron chi connectivity index (χ2n) is 9.72. The molecular formula is C25H41IN4O. The van der Waals surface area contributed by atoms with E-state index >= 15 is 0 Å². The lowest BCUT2D eigenvalue weighted by molar-refractivity contribution is 0.0373. The highest BCUT2D eigenvalue weighted by Gasteiger charge is 2.41. The van der Waals surface area contributed by atoms with Crippen molar-refractivity contribution in [2.45, 2.75) is 70.4 Å². The standard InChI is InChI=1S/C25H40N4O.HI/c1-3-26-23(29-16-13-24(20-29)11-7-8-12-24)27-19-25(14-17-30-18-15-25)28-21(2)22-9-5-4-6-10-22;/h4-6,9-10,21,28H,3,7-8,11-20H2,1-2H3,(H,26,27);1H. The van der Waals surface area contributed by atoms with Gasteiger partial charge in [0.25, 0.3) is 0 Å². The van der Waals surface area contributed by atoms with Crippen molar-refractivity contribution in [3.8, 4) is 0 Å². The van der Waals surface area contributed by atoms with Crippen molar-refractivity contribution in [2.24, 2.45) is 10.4 Å². The summed E-state index contributed by atoms with van der Waals surface area (Å²) in [6.07, 6.45) is 8.98. The lowest BCUT2D eigenvalue weighted by Crippen LogP contribution is -2.53. The molecule has 174 valence electrons. The summed E-state index contributed by atoms with van der Waals surface area (Å²) < 4.78 is 5.71. The molecule has 1 aliphatic carbocycles. The van der Waals surface area contributed by atoms with Crippen molar-refractivity contribution in [3.63, 3.8) is 0 Å². The molecular weight excluding hydrogens is 499 g/mol. The Bertz CT molecular complexity index is 699. The van der Waals surface area contributed by atoms with Crippen molar-refractivity contribution in [1.82, 2.24) is 15.5 Å². The van der Waals surface area contributed by atoms with E-state index in [9.17, 15) is 0 Å². The smallest absolute Gasteiger partial charge is 0.193 e. The largest absolute Gasteiger partial charge is 0.381 e. The summed E-state index contributed by atoms with van der Waals surface area (Å²) in [7, 11) is 0. The van der Waals surface area contributed by atoms with Crippen molar-refractivity contribution in [1.29, 1.82) is 0 Å². The fourth-order valence-corrected chi connectivity index (χ4v) is 5.70. The average Bonchev–Trinajstić information content (AvgIpc) is 3.42. The monoisotopic (exact) mass is 540 g/mol. The van der Waals surface area contributed by atoms with Crippen molar-refractivity contribution in [3.05, 3.63) is 35.9 Å². The summed E-state index contributed by atoms with van der Waals surface area (Å²) >= 11 is 0. The van der Waals surface area contributed by atoms with Gasteiger partial charge < -0.3 is 20.3 Å². The zero-order valence-electron chi connectivity index (χ0n) is 19.4. The summed E-state index contributed by atoms with van der Waals surface area (Å²) in [5, 5.41) is 7.54. The fourth-order valence-electron chi connectivity index (χ4n) is 5.70. The van der Waals surface area contributed by atoms with Crippen LogP contribution in [0, 0.1) is 5.41 Å². The van der Waals surface area contributed by atoms with Crippen LogP contribution in [0.2, 0.25) is 0 Å². The molecule has 2 saturated heterocycles. The van der Waals surface area contributed by atoms with Crippen LogP contribution < -0.4 is 10.6 Å². The Kier molecular flexibility index (Phi) is 9.05. The van der Waals surface area contributed by atoms with Crippen LogP contribution in [-0.4, -0.2) is 55.8 Å². The number of likely N-dealkylation sites (tertiary alicyclic amines) is 1. The highest BCUT2D eigenvalue weighted by atomic mass is 127. The molecule has 31 heavy (non-hydrogen) atoms. The van der Waals surface area contributed by atoms with Crippen LogP contribution >= 0.6 is 24.0 Å². The van der Waals surface area contributed by atoms with Crippen LogP contribution in [0.5, 0.6) is 0 Å². The van der Waals surface area contributed by atoms with Crippen LogP contribution in [0.25, 0.3) is 0 Å². The van der Waals surface area contributed by atoms with Crippen LogP contribution in [0.15, 0.2) is 35.3 Å². The first kappa shape index (κ1) is 24.8. The Morgan fingerprint density at radius 3 is 2.48 bits per heavy atom. The van der Waals surface area contributed by atoms with Gasteiger partial charge in [0.2, 0.25) is 0 Å². The molecule has 1 spiro atoms. The van der Waals surface area contributed by atoms with Gasteiger partial charge in [-0.15, -0.1) is 24.0 Å². The number of guanidine groups is 1. The number of nitrogens with one attached hydrogen (secondary N) is 2. The number of hydrogen-bond acceptors (Lipinski definition) is 3. The topological polar surface area (TPSA) is 48.9 Å². The number of ether oxygens (including phenoxy) is 1.